The van der Waals surface area contributed by atoms with Crippen LogP contribution in [0.4, 0.5) is 0 Å². The number of carbonyl (C=O) groups excluding carboxylic acids is 1. The first-order chi connectivity index (χ1) is 10.3. The highest BCUT2D eigenvalue weighted by Gasteiger charge is 2.32. The lowest BCUT2D eigenvalue weighted by molar-refractivity contribution is -0.127. The second-order valence-electron chi connectivity index (χ2n) is 6.26. The Bertz CT molecular complexity index is 459. The molecule has 1 amide bonds. The van der Waals surface area contributed by atoms with E-state index in [-0.39, 0.29) is 0 Å². The van der Waals surface area contributed by atoms with Crippen molar-refractivity contribution in [2.45, 2.75) is 43.4 Å². The van der Waals surface area contributed by atoms with Crippen molar-refractivity contribution < 1.29 is 4.79 Å². The van der Waals surface area contributed by atoms with Crippen molar-refractivity contribution in [3.05, 3.63) is 24.5 Å². The van der Waals surface area contributed by atoms with Gasteiger partial charge in [-0.2, -0.15) is 0 Å². The van der Waals surface area contributed by atoms with E-state index in [4.69, 9.17) is 0 Å². The quantitative estimate of drug-likeness (QED) is 0.797. The predicted octanol–water partition coefficient (Wildman–Crippen LogP) is 3.60. The van der Waals surface area contributed by atoms with Crippen molar-refractivity contribution in [3.63, 3.8) is 0 Å². The van der Waals surface area contributed by atoms with Crippen LogP contribution in [0.3, 0.4) is 0 Å². The normalized spacial score (nSPS) is 23.4. The topological polar surface area (TPSA) is 33.2 Å². The van der Waals surface area contributed by atoms with Gasteiger partial charge in [-0.25, -0.2) is 0 Å². The predicted molar refractivity (Wildman–Crippen MR) is 86.2 cm³/mol. The Balaban J connectivity index is 1.45. The van der Waals surface area contributed by atoms with E-state index in [0.29, 0.717) is 11.7 Å². The molecule has 0 bridgehead atoms. The van der Waals surface area contributed by atoms with E-state index in [1.165, 1.54) is 38.5 Å². The molecule has 0 radical (unpaired) electrons. The number of amides is 1. The summed E-state index contributed by atoms with van der Waals surface area (Å²) < 4.78 is 0. The number of likely N-dealkylation sites (tertiary alicyclic amines) is 1. The van der Waals surface area contributed by atoms with Crippen LogP contribution in [0.1, 0.15) is 38.5 Å². The number of thioether (sulfide) groups is 1. The zero-order chi connectivity index (χ0) is 14.5. The summed E-state index contributed by atoms with van der Waals surface area (Å²) in [5.41, 5.74) is 0. The van der Waals surface area contributed by atoms with Gasteiger partial charge in [-0.15, -0.1) is 11.8 Å². The molecular weight excluding hydrogens is 280 g/mol. The first-order valence-corrected chi connectivity index (χ1v) is 9.12. The van der Waals surface area contributed by atoms with Crippen LogP contribution in [-0.2, 0) is 4.79 Å². The molecule has 0 spiro atoms. The van der Waals surface area contributed by atoms with Gasteiger partial charge in [0, 0.05) is 30.4 Å². The van der Waals surface area contributed by atoms with Gasteiger partial charge in [-0.3, -0.25) is 9.78 Å². The molecule has 2 aliphatic rings. The average molecular weight is 304 g/mol. The van der Waals surface area contributed by atoms with Crippen molar-refractivity contribution in [1.29, 1.82) is 0 Å². The van der Waals surface area contributed by atoms with Crippen molar-refractivity contribution in [3.8, 4) is 0 Å². The highest BCUT2D eigenvalue weighted by molar-refractivity contribution is 8.00. The van der Waals surface area contributed by atoms with E-state index in [1.807, 2.05) is 12.1 Å². The Hall–Kier alpha value is -1.03. The molecule has 1 aromatic rings. The summed E-state index contributed by atoms with van der Waals surface area (Å²) >= 11 is 1.62. The van der Waals surface area contributed by atoms with Crippen LogP contribution in [-0.4, -0.2) is 34.6 Å². The van der Waals surface area contributed by atoms with E-state index in [0.717, 1.165) is 29.8 Å². The fourth-order valence-electron chi connectivity index (χ4n) is 3.67. The lowest BCUT2D eigenvalue weighted by Crippen LogP contribution is -2.31. The molecule has 1 unspecified atom stereocenters. The van der Waals surface area contributed by atoms with Gasteiger partial charge in [0.2, 0.25) is 5.91 Å². The van der Waals surface area contributed by atoms with Crippen LogP contribution in [0.2, 0.25) is 0 Å². The van der Waals surface area contributed by atoms with E-state index >= 15 is 0 Å². The number of nitrogens with zero attached hydrogens (tertiary/aromatic N) is 2. The van der Waals surface area contributed by atoms with Gasteiger partial charge in [0.25, 0.3) is 0 Å². The maximum Gasteiger partial charge on any atom is 0.232 e. The first-order valence-electron chi connectivity index (χ1n) is 8.13. The third-order valence-electron chi connectivity index (χ3n) is 4.91. The zero-order valence-corrected chi connectivity index (χ0v) is 13.4. The lowest BCUT2D eigenvalue weighted by Gasteiger charge is -2.27. The molecule has 1 atom stereocenters. The molecule has 1 saturated heterocycles. The molecule has 1 aliphatic carbocycles. The fraction of sp³-hybridized carbons (Fsp3) is 0.647. The molecule has 114 valence electrons. The van der Waals surface area contributed by atoms with Gasteiger partial charge < -0.3 is 4.90 Å². The van der Waals surface area contributed by atoms with Crippen LogP contribution >= 0.6 is 11.8 Å². The molecule has 2 fully saturated rings. The lowest BCUT2D eigenvalue weighted by atomic mass is 9.80. The van der Waals surface area contributed by atoms with E-state index in [9.17, 15) is 4.79 Å². The minimum atomic E-state index is 0.301. The summed E-state index contributed by atoms with van der Waals surface area (Å²) in [7, 11) is 0. The summed E-state index contributed by atoms with van der Waals surface area (Å²) in [6.07, 6.45) is 11.8. The molecular formula is C17H24N2OS. The molecule has 1 aliphatic heterocycles. The summed E-state index contributed by atoms with van der Waals surface area (Å²) in [6.45, 7) is 1.97. The molecule has 1 saturated carbocycles. The second-order valence-corrected chi connectivity index (χ2v) is 7.31. The molecule has 1 aromatic heterocycles. The SMILES string of the molecule is O=C(CSc1ccncc1)N1CCC(C2CCCCC2)C1. The molecule has 4 heteroatoms. The Morgan fingerprint density at radius 2 is 1.90 bits per heavy atom. The van der Waals surface area contributed by atoms with Gasteiger partial charge in [0.1, 0.15) is 0 Å². The number of rotatable bonds is 4. The number of hydrogen-bond acceptors (Lipinski definition) is 3. The molecule has 21 heavy (non-hydrogen) atoms. The molecule has 0 aromatic carbocycles. The van der Waals surface area contributed by atoms with E-state index in [1.54, 1.807) is 24.2 Å². The summed E-state index contributed by atoms with van der Waals surface area (Å²) in [4.78, 5) is 19.6. The number of carbonyl (C=O) groups is 1. The third-order valence-corrected chi connectivity index (χ3v) is 5.90. The monoisotopic (exact) mass is 304 g/mol. The van der Waals surface area contributed by atoms with Crippen LogP contribution in [0, 0.1) is 11.8 Å². The molecule has 0 N–H and O–H groups in total. The van der Waals surface area contributed by atoms with Crippen molar-refractivity contribution in [2.75, 3.05) is 18.8 Å². The standard InChI is InChI=1S/C17H24N2OS/c20-17(13-21-16-6-9-18-10-7-16)19-11-8-15(12-19)14-4-2-1-3-5-14/h6-7,9-10,14-15H,1-5,8,11-13H2. The zero-order valence-electron chi connectivity index (χ0n) is 12.5. The maximum absolute atomic E-state index is 12.3. The minimum absolute atomic E-state index is 0.301. The van der Waals surface area contributed by atoms with E-state index < -0.39 is 0 Å². The van der Waals surface area contributed by atoms with Crippen molar-refractivity contribution in [1.82, 2.24) is 9.88 Å². The van der Waals surface area contributed by atoms with Crippen LogP contribution in [0.15, 0.2) is 29.4 Å². The van der Waals surface area contributed by atoms with Crippen LogP contribution in [0.5, 0.6) is 0 Å². The Morgan fingerprint density at radius 1 is 1.14 bits per heavy atom. The summed E-state index contributed by atoms with van der Waals surface area (Å²) in [5, 5.41) is 0. The maximum atomic E-state index is 12.3. The van der Waals surface area contributed by atoms with Gasteiger partial charge in [-0.1, -0.05) is 32.1 Å². The largest absolute Gasteiger partial charge is 0.342 e. The average Bonchev–Trinajstić information content (AvgIpc) is 3.04. The smallest absolute Gasteiger partial charge is 0.232 e. The third kappa shape index (κ3) is 4.00. The van der Waals surface area contributed by atoms with E-state index in [2.05, 4.69) is 9.88 Å². The summed E-state index contributed by atoms with van der Waals surface area (Å²) in [6, 6.07) is 3.93. The van der Waals surface area contributed by atoms with Gasteiger partial charge in [0.15, 0.2) is 0 Å². The number of hydrogen-bond donors (Lipinski definition) is 0. The van der Waals surface area contributed by atoms with Crippen molar-refractivity contribution in [2.24, 2.45) is 11.8 Å². The van der Waals surface area contributed by atoms with Gasteiger partial charge >= 0.3 is 0 Å². The van der Waals surface area contributed by atoms with Crippen LogP contribution < -0.4 is 0 Å². The fourth-order valence-corrected chi connectivity index (χ4v) is 4.46. The Kier molecular flexibility index (Phi) is 5.17. The Labute approximate surface area is 131 Å². The number of aromatic nitrogens is 1. The molecule has 3 rings (SSSR count). The van der Waals surface area contributed by atoms with Gasteiger partial charge in [0.05, 0.1) is 5.75 Å². The highest BCUT2D eigenvalue weighted by atomic mass is 32.2. The van der Waals surface area contributed by atoms with Crippen molar-refractivity contribution >= 4 is 17.7 Å². The highest BCUT2D eigenvalue weighted by Crippen LogP contribution is 2.35. The minimum Gasteiger partial charge on any atom is -0.342 e. The van der Waals surface area contributed by atoms with Gasteiger partial charge in [-0.05, 0) is 30.4 Å². The Morgan fingerprint density at radius 3 is 2.67 bits per heavy atom. The molecule has 3 nitrogen and oxygen atoms in total. The number of pyridine rings is 1. The first kappa shape index (κ1) is 14.9. The molecule has 2 heterocycles. The summed E-state index contributed by atoms with van der Waals surface area (Å²) in [5.74, 6) is 2.50. The second kappa shape index (κ2) is 7.30. The van der Waals surface area contributed by atoms with Crippen LogP contribution in [0.25, 0.3) is 0 Å².